The molecule has 0 fully saturated rings. The molecule has 0 aromatic heterocycles. The van der Waals surface area contributed by atoms with E-state index in [1.54, 1.807) is 13.8 Å². The summed E-state index contributed by atoms with van der Waals surface area (Å²) in [6, 6.07) is 18.8. The summed E-state index contributed by atoms with van der Waals surface area (Å²) < 4.78 is 16.5. The van der Waals surface area contributed by atoms with E-state index in [1.807, 2.05) is 60.7 Å². The third kappa shape index (κ3) is 4.95. The van der Waals surface area contributed by atoms with Crippen LogP contribution in [0.1, 0.15) is 38.0 Å². The van der Waals surface area contributed by atoms with Crippen molar-refractivity contribution in [2.24, 2.45) is 5.41 Å². The van der Waals surface area contributed by atoms with Crippen molar-refractivity contribution in [2.75, 3.05) is 13.2 Å². The van der Waals surface area contributed by atoms with Crippen LogP contribution in [-0.2, 0) is 30.4 Å². The number of rotatable bonds is 9. The molecule has 0 saturated carbocycles. The van der Waals surface area contributed by atoms with Crippen LogP contribution in [0.15, 0.2) is 60.7 Å². The van der Waals surface area contributed by atoms with Crippen LogP contribution >= 0.6 is 0 Å². The minimum atomic E-state index is -1.62. The Kier molecular flexibility index (Phi) is 7.55. The van der Waals surface area contributed by atoms with Gasteiger partial charge in [-0.15, -0.1) is 0 Å². The van der Waals surface area contributed by atoms with Gasteiger partial charge in [-0.2, -0.15) is 0 Å². The molecule has 0 spiro atoms. The topological polar surface area (TPSA) is 61.8 Å². The van der Waals surface area contributed by atoms with Gasteiger partial charge in [0.1, 0.15) is 6.10 Å². The van der Waals surface area contributed by atoms with Crippen molar-refractivity contribution in [3.8, 4) is 0 Å². The van der Waals surface area contributed by atoms with Gasteiger partial charge in [-0.1, -0.05) is 60.7 Å². The summed E-state index contributed by atoms with van der Waals surface area (Å²) in [6.07, 6.45) is -0.850. The highest BCUT2D eigenvalue weighted by molar-refractivity contribution is 6.00. The fourth-order valence-corrected chi connectivity index (χ4v) is 2.84. The summed E-state index contributed by atoms with van der Waals surface area (Å²) >= 11 is 0. The number of ether oxygens (including phenoxy) is 3. The number of hydrogen-bond donors (Lipinski definition) is 0. The number of hydrogen-bond acceptors (Lipinski definition) is 5. The van der Waals surface area contributed by atoms with E-state index in [0.29, 0.717) is 5.56 Å². The van der Waals surface area contributed by atoms with E-state index in [0.717, 1.165) is 5.56 Å². The number of carbonyl (C=O) groups excluding carboxylic acids is 2. The fourth-order valence-electron chi connectivity index (χ4n) is 2.84. The number of carbonyl (C=O) groups is 2. The van der Waals surface area contributed by atoms with E-state index >= 15 is 0 Å². The summed E-state index contributed by atoms with van der Waals surface area (Å²) in [4.78, 5) is 25.6. The minimum Gasteiger partial charge on any atom is -0.465 e. The van der Waals surface area contributed by atoms with Crippen LogP contribution in [0, 0.1) is 5.41 Å². The van der Waals surface area contributed by atoms with E-state index in [1.165, 1.54) is 6.92 Å². The first-order chi connectivity index (χ1) is 13.0. The van der Waals surface area contributed by atoms with Crippen molar-refractivity contribution in [2.45, 2.75) is 33.5 Å². The predicted molar refractivity (Wildman–Crippen MR) is 102 cm³/mol. The first kappa shape index (κ1) is 20.6. The third-order valence-corrected chi connectivity index (χ3v) is 4.29. The van der Waals surface area contributed by atoms with Crippen LogP contribution in [0.3, 0.4) is 0 Å². The van der Waals surface area contributed by atoms with Crippen molar-refractivity contribution >= 4 is 11.9 Å². The average Bonchev–Trinajstić information content (AvgIpc) is 2.69. The minimum absolute atomic E-state index is 0.161. The summed E-state index contributed by atoms with van der Waals surface area (Å²) in [5.41, 5.74) is 0.0212. The molecule has 0 saturated heterocycles. The zero-order valence-electron chi connectivity index (χ0n) is 16.0. The molecule has 0 aliphatic rings. The van der Waals surface area contributed by atoms with Crippen LogP contribution in [0.5, 0.6) is 0 Å². The van der Waals surface area contributed by atoms with Gasteiger partial charge in [0.15, 0.2) is 5.41 Å². The Bertz CT molecular complexity index is 709. The molecule has 27 heavy (non-hydrogen) atoms. The maximum atomic E-state index is 12.8. The molecule has 2 aromatic carbocycles. The molecule has 0 aliphatic heterocycles. The summed E-state index contributed by atoms with van der Waals surface area (Å²) in [5, 5.41) is 0. The van der Waals surface area contributed by atoms with Gasteiger partial charge in [0.25, 0.3) is 0 Å². The summed E-state index contributed by atoms with van der Waals surface area (Å²) in [6.45, 7) is 5.49. The predicted octanol–water partition coefficient (Wildman–Crippen LogP) is 4.08. The van der Waals surface area contributed by atoms with Gasteiger partial charge in [0.2, 0.25) is 0 Å². The first-order valence-corrected chi connectivity index (χ1v) is 9.08. The molecule has 0 amide bonds. The first-order valence-electron chi connectivity index (χ1n) is 9.08. The highest BCUT2D eigenvalue weighted by Gasteiger charge is 2.52. The molecule has 0 bridgehead atoms. The van der Waals surface area contributed by atoms with E-state index in [2.05, 4.69) is 0 Å². The molecule has 5 heteroatoms. The monoisotopic (exact) mass is 370 g/mol. The molecule has 0 N–H and O–H groups in total. The highest BCUT2D eigenvalue weighted by atomic mass is 16.6. The van der Waals surface area contributed by atoms with Gasteiger partial charge in [-0.3, -0.25) is 9.59 Å². The molecule has 2 rings (SSSR count). The van der Waals surface area contributed by atoms with Crippen molar-refractivity contribution < 1.29 is 23.8 Å². The lowest BCUT2D eigenvalue weighted by molar-refractivity contribution is -0.184. The molecule has 0 aliphatic carbocycles. The SMILES string of the molecule is CCOC(=O)C(C)(C(=O)OCC)C(OCc1ccccc1)c1ccccc1. The zero-order valence-corrected chi connectivity index (χ0v) is 16.0. The lowest BCUT2D eigenvalue weighted by Crippen LogP contribution is -2.45. The molecular formula is C22H26O5. The highest BCUT2D eigenvalue weighted by Crippen LogP contribution is 2.40. The smallest absolute Gasteiger partial charge is 0.326 e. The van der Waals surface area contributed by atoms with Crippen LogP contribution < -0.4 is 0 Å². The second-order valence-electron chi connectivity index (χ2n) is 6.23. The summed E-state index contributed by atoms with van der Waals surface area (Å²) in [7, 11) is 0. The van der Waals surface area contributed by atoms with Crippen molar-refractivity contribution in [1.82, 2.24) is 0 Å². The molecular weight excluding hydrogens is 344 g/mol. The van der Waals surface area contributed by atoms with Gasteiger partial charge in [-0.25, -0.2) is 0 Å². The maximum absolute atomic E-state index is 12.8. The number of benzene rings is 2. The normalized spacial score (nSPS) is 12.3. The molecule has 1 atom stereocenters. The summed E-state index contributed by atoms with van der Waals surface area (Å²) in [5.74, 6) is -1.32. The molecule has 0 heterocycles. The van der Waals surface area contributed by atoms with Gasteiger partial charge in [0, 0.05) is 0 Å². The Morgan fingerprint density at radius 2 is 1.33 bits per heavy atom. The molecule has 144 valence electrons. The van der Waals surface area contributed by atoms with Gasteiger partial charge < -0.3 is 14.2 Å². The zero-order chi connectivity index (χ0) is 19.7. The van der Waals surface area contributed by atoms with Gasteiger partial charge >= 0.3 is 11.9 Å². The fraction of sp³-hybridized carbons (Fsp3) is 0.364. The average molecular weight is 370 g/mol. The van der Waals surface area contributed by atoms with Crippen molar-refractivity contribution in [3.63, 3.8) is 0 Å². The molecule has 0 radical (unpaired) electrons. The van der Waals surface area contributed by atoms with E-state index in [9.17, 15) is 9.59 Å². The van der Waals surface area contributed by atoms with Gasteiger partial charge in [0.05, 0.1) is 19.8 Å². The second-order valence-corrected chi connectivity index (χ2v) is 6.23. The number of esters is 2. The Labute approximate surface area is 160 Å². The van der Waals surface area contributed by atoms with Crippen LogP contribution in [0.25, 0.3) is 0 Å². The van der Waals surface area contributed by atoms with E-state index in [-0.39, 0.29) is 19.8 Å². The quantitative estimate of drug-likeness (QED) is 0.492. The third-order valence-electron chi connectivity index (χ3n) is 4.29. The maximum Gasteiger partial charge on any atom is 0.326 e. The Balaban J connectivity index is 2.42. The van der Waals surface area contributed by atoms with Crippen LogP contribution in [-0.4, -0.2) is 25.2 Å². The molecule has 1 unspecified atom stereocenters. The van der Waals surface area contributed by atoms with Crippen molar-refractivity contribution in [3.05, 3.63) is 71.8 Å². The molecule has 5 nitrogen and oxygen atoms in total. The standard InChI is InChI=1S/C22H26O5/c1-4-25-20(23)22(3,21(24)26-5-2)19(18-14-10-7-11-15-18)27-16-17-12-8-6-9-13-17/h6-15,19H,4-5,16H2,1-3H3. The Hall–Kier alpha value is -2.66. The van der Waals surface area contributed by atoms with Crippen molar-refractivity contribution in [1.29, 1.82) is 0 Å². The second kappa shape index (κ2) is 9.88. The van der Waals surface area contributed by atoms with E-state index < -0.39 is 23.5 Å². The lowest BCUT2D eigenvalue weighted by atomic mass is 9.80. The lowest BCUT2D eigenvalue weighted by Gasteiger charge is -2.33. The largest absolute Gasteiger partial charge is 0.465 e. The Morgan fingerprint density at radius 3 is 1.81 bits per heavy atom. The van der Waals surface area contributed by atoms with E-state index in [4.69, 9.17) is 14.2 Å². The Morgan fingerprint density at radius 1 is 0.852 bits per heavy atom. The van der Waals surface area contributed by atoms with Crippen LogP contribution in [0.2, 0.25) is 0 Å². The van der Waals surface area contributed by atoms with Crippen LogP contribution in [0.4, 0.5) is 0 Å². The van der Waals surface area contributed by atoms with Gasteiger partial charge in [-0.05, 0) is 31.9 Å². The molecule has 2 aromatic rings.